The molecule has 0 nitrogen and oxygen atoms in total. The van der Waals surface area contributed by atoms with Gasteiger partial charge in [-0.05, 0) is 34.9 Å². The molecule has 0 bridgehead atoms. The lowest BCUT2D eigenvalue weighted by molar-refractivity contribution is 0.840. The lowest BCUT2D eigenvalue weighted by Gasteiger charge is -2.14. The standard InChI is InChI=1S/C16H24/c1-6-8-14-9-15(12(3)4)11-16(10-14)13(5)7-2/h7,9-13H,2,6,8H2,1,3-5H3. The molecule has 0 amide bonds. The van der Waals surface area contributed by atoms with Crippen LogP contribution in [0.25, 0.3) is 0 Å². The average molecular weight is 216 g/mol. The van der Waals surface area contributed by atoms with Gasteiger partial charge in [-0.3, -0.25) is 0 Å². The zero-order valence-corrected chi connectivity index (χ0v) is 11.1. The first kappa shape index (κ1) is 13.0. The van der Waals surface area contributed by atoms with Crippen LogP contribution >= 0.6 is 0 Å². The van der Waals surface area contributed by atoms with Gasteiger partial charge >= 0.3 is 0 Å². The SMILES string of the molecule is C=CC(C)c1cc(CCC)cc(C(C)C)c1. The van der Waals surface area contributed by atoms with E-state index in [0.29, 0.717) is 11.8 Å². The highest BCUT2D eigenvalue weighted by Gasteiger charge is 2.07. The van der Waals surface area contributed by atoms with E-state index in [2.05, 4.69) is 52.5 Å². The van der Waals surface area contributed by atoms with Crippen molar-refractivity contribution in [2.45, 2.75) is 52.4 Å². The molecule has 0 N–H and O–H groups in total. The van der Waals surface area contributed by atoms with E-state index in [1.807, 2.05) is 6.08 Å². The van der Waals surface area contributed by atoms with E-state index < -0.39 is 0 Å². The van der Waals surface area contributed by atoms with E-state index in [1.165, 1.54) is 29.5 Å². The molecular formula is C16H24. The van der Waals surface area contributed by atoms with Crippen molar-refractivity contribution in [3.63, 3.8) is 0 Å². The van der Waals surface area contributed by atoms with Crippen LogP contribution in [0.5, 0.6) is 0 Å². The Morgan fingerprint density at radius 1 is 1.12 bits per heavy atom. The molecule has 0 saturated carbocycles. The summed E-state index contributed by atoms with van der Waals surface area (Å²) in [7, 11) is 0. The normalized spacial score (nSPS) is 12.8. The van der Waals surface area contributed by atoms with Crippen LogP contribution in [0.2, 0.25) is 0 Å². The molecule has 0 aliphatic carbocycles. The van der Waals surface area contributed by atoms with Gasteiger partial charge in [0.1, 0.15) is 0 Å². The summed E-state index contributed by atoms with van der Waals surface area (Å²) in [5, 5.41) is 0. The summed E-state index contributed by atoms with van der Waals surface area (Å²) in [6.45, 7) is 12.8. The summed E-state index contributed by atoms with van der Waals surface area (Å²) in [4.78, 5) is 0. The average Bonchev–Trinajstić information content (AvgIpc) is 2.28. The molecule has 1 aromatic rings. The van der Waals surface area contributed by atoms with Crippen molar-refractivity contribution >= 4 is 0 Å². The van der Waals surface area contributed by atoms with Gasteiger partial charge in [-0.25, -0.2) is 0 Å². The van der Waals surface area contributed by atoms with Crippen LogP contribution in [0, 0.1) is 0 Å². The Morgan fingerprint density at radius 3 is 2.25 bits per heavy atom. The van der Waals surface area contributed by atoms with Gasteiger partial charge in [-0.1, -0.05) is 58.4 Å². The van der Waals surface area contributed by atoms with Crippen LogP contribution < -0.4 is 0 Å². The Kier molecular flexibility index (Phi) is 4.79. The molecule has 0 aliphatic rings. The second-order valence-electron chi connectivity index (χ2n) is 4.94. The first-order chi connectivity index (χ1) is 7.58. The number of rotatable bonds is 5. The maximum absolute atomic E-state index is 3.89. The molecule has 1 atom stereocenters. The second-order valence-corrected chi connectivity index (χ2v) is 4.94. The highest BCUT2D eigenvalue weighted by atomic mass is 14.1. The van der Waals surface area contributed by atoms with Crippen LogP contribution in [0.4, 0.5) is 0 Å². The fraction of sp³-hybridized carbons (Fsp3) is 0.500. The molecular weight excluding hydrogens is 192 g/mol. The van der Waals surface area contributed by atoms with E-state index in [4.69, 9.17) is 0 Å². The topological polar surface area (TPSA) is 0 Å². The molecule has 0 aliphatic heterocycles. The summed E-state index contributed by atoms with van der Waals surface area (Å²) in [6.07, 6.45) is 4.41. The monoisotopic (exact) mass is 216 g/mol. The van der Waals surface area contributed by atoms with Gasteiger partial charge in [0, 0.05) is 0 Å². The van der Waals surface area contributed by atoms with Crippen molar-refractivity contribution < 1.29 is 0 Å². The third-order valence-corrected chi connectivity index (χ3v) is 3.12. The number of benzene rings is 1. The fourth-order valence-corrected chi connectivity index (χ4v) is 1.91. The zero-order chi connectivity index (χ0) is 12.1. The first-order valence-electron chi connectivity index (χ1n) is 6.34. The highest BCUT2D eigenvalue weighted by molar-refractivity contribution is 5.35. The summed E-state index contributed by atoms with van der Waals surface area (Å²) >= 11 is 0. The highest BCUT2D eigenvalue weighted by Crippen LogP contribution is 2.24. The third-order valence-electron chi connectivity index (χ3n) is 3.12. The van der Waals surface area contributed by atoms with E-state index in [-0.39, 0.29) is 0 Å². The minimum atomic E-state index is 0.453. The lowest BCUT2D eigenvalue weighted by Crippen LogP contribution is -1.97. The van der Waals surface area contributed by atoms with Crippen LogP contribution in [0.1, 0.15) is 62.6 Å². The summed E-state index contributed by atoms with van der Waals surface area (Å²) in [5.41, 5.74) is 4.33. The zero-order valence-electron chi connectivity index (χ0n) is 11.1. The van der Waals surface area contributed by atoms with Crippen molar-refractivity contribution in [2.24, 2.45) is 0 Å². The fourth-order valence-electron chi connectivity index (χ4n) is 1.91. The van der Waals surface area contributed by atoms with Gasteiger partial charge in [0.2, 0.25) is 0 Å². The third kappa shape index (κ3) is 3.23. The van der Waals surface area contributed by atoms with Crippen LogP contribution in [0.3, 0.4) is 0 Å². The molecule has 0 heterocycles. The first-order valence-corrected chi connectivity index (χ1v) is 6.34. The predicted octanol–water partition coefficient (Wildman–Crippen LogP) is 5.05. The van der Waals surface area contributed by atoms with Crippen molar-refractivity contribution in [1.82, 2.24) is 0 Å². The molecule has 16 heavy (non-hydrogen) atoms. The van der Waals surface area contributed by atoms with Crippen molar-refractivity contribution in [3.8, 4) is 0 Å². The predicted molar refractivity (Wildman–Crippen MR) is 73.1 cm³/mol. The number of hydrogen-bond donors (Lipinski definition) is 0. The van der Waals surface area contributed by atoms with Crippen LogP contribution in [-0.4, -0.2) is 0 Å². The van der Waals surface area contributed by atoms with Gasteiger partial charge in [0.05, 0.1) is 0 Å². The molecule has 1 unspecified atom stereocenters. The maximum Gasteiger partial charge on any atom is -0.00129 e. The second kappa shape index (κ2) is 5.89. The Hall–Kier alpha value is -1.04. The number of hydrogen-bond acceptors (Lipinski definition) is 0. The molecule has 1 rings (SSSR count). The molecule has 0 radical (unpaired) electrons. The molecule has 88 valence electrons. The van der Waals surface area contributed by atoms with Gasteiger partial charge in [0.25, 0.3) is 0 Å². The van der Waals surface area contributed by atoms with Crippen LogP contribution in [-0.2, 0) is 6.42 Å². The van der Waals surface area contributed by atoms with Gasteiger partial charge in [-0.15, -0.1) is 6.58 Å². The Bertz CT molecular complexity index is 347. The minimum Gasteiger partial charge on any atom is -0.102 e. The lowest BCUT2D eigenvalue weighted by atomic mass is 9.91. The molecule has 0 saturated heterocycles. The summed E-state index contributed by atoms with van der Waals surface area (Å²) in [6, 6.07) is 7.02. The minimum absolute atomic E-state index is 0.453. The molecule has 1 aromatic carbocycles. The van der Waals surface area contributed by atoms with Gasteiger partial charge in [0.15, 0.2) is 0 Å². The Balaban J connectivity index is 3.12. The van der Waals surface area contributed by atoms with Crippen molar-refractivity contribution in [3.05, 3.63) is 47.5 Å². The van der Waals surface area contributed by atoms with Crippen LogP contribution in [0.15, 0.2) is 30.9 Å². The van der Waals surface area contributed by atoms with Gasteiger partial charge in [-0.2, -0.15) is 0 Å². The number of allylic oxidation sites excluding steroid dienone is 1. The van der Waals surface area contributed by atoms with E-state index in [9.17, 15) is 0 Å². The van der Waals surface area contributed by atoms with E-state index in [0.717, 1.165) is 0 Å². The smallest absolute Gasteiger partial charge is 0.00129 e. The molecule has 0 spiro atoms. The molecule has 0 aromatic heterocycles. The number of aryl methyl sites for hydroxylation is 1. The summed E-state index contributed by atoms with van der Waals surface area (Å²) in [5.74, 6) is 1.06. The van der Waals surface area contributed by atoms with E-state index >= 15 is 0 Å². The van der Waals surface area contributed by atoms with Gasteiger partial charge < -0.3 is 0 Å². The van der Waals surface area contributed by atoms with Crippen molar-refractivity contribution in [1.29, 1.82) is 0 Å². The summed E-state index contributed by atoms with van der Waals surface area (Å²) < 4.78 is 0. The Labute approximate surface area is 100 Å². The maximum atomic E-state index is 3.89. The Morgan fingerprint density at radius 2 is 1.75 bits per heavy atom. The molecule has 0 fully saturated rings. The largest absolute Gasteiger partial charge is 0.102 e. The molecule has 0 heteroatoms. The van der Waals surface area contributed by atoms with Crippen molar-refractivity contribution in [2.75, 3.05) is 0 Å². The van der Waals surface area contributed by atoms with E-state index in [1.54, 1.807) is 0 Å². The quantitative estimate of drug-likeness (QED) is 0.604.